The Morgan fingerprint density at radius 3 is 1.21 bits per heavy atom. The molecule has 2 amide bonds. The molecule has 4 aliphatic rings. The highest BCUT2D eigenvalue weighted by atomic mass is 79.9. The van der Waals surface area contributed by atoms with Crippen LogP contribution in [0.3, 0.4) is 0 Å². The van der Waals surface area contributed by atoms with E-state index in [0.29, 0.717) is 51.9 Å². The summed E-state index contributed by atoms with van der Waals surface area (Å²) in [6.07, 6.45) is 0.532. The predicted molar refractivity (Wildman–Crippen MR) is 217 cm³/mol. The number of hydrogen-bond donors (Lipinski definition) is 0. The van der Waals surface area contributed by atoms with Gasteiger partial charge in [-0.2, -0.15) is 0 Å². The summed E-state index contributed by atoms with van der Waals surface area (Å²) in [5.41, 5.74) is 4.34. The smallest absolute Gasteiger partial charge is 0.410 e. The maximum Gasteiger partial charge on any atom is 0.410 e. The van der Waals surface area contributed by atoms with Gasteiger partial charge in [0.25, 0.3) is 0 Å². The summed E-state index contributed by atoms with van der Waals surface area (Å²) in [5.74, 6) is 4.35. The fourth-order valence-corrected chi connectivity index (χ4v) is 9.61. The molecule has 11 heteroatoms. The van der Waals surface area contributed by atoms with E-state index in [-0.39, 0.29) is 35.3 Å². The lowest BCUT2D eigenvalue weighted by Crippen LogP contribution is -2.62. The van der Waals surface area contributed by atoms with Crippen LogP contribution in [0.2, 0.25) is 0 Å². The van der Waals surface area contributed by atoms with Gasteiger partial charge in [0.2, 0.25) is 0 Å². The van der Waals surface area contributed by atoms with Crippen molar-refractivity contribution in [2.45, 2.75) is 125 Å². The molecule has 0 atom stereocenters. The van der Waals surface area contributed by atoms with Crippen LogP contribution in [0.15, 0.2) is 28.7 Å². The van der Waals surface area contributed by atoms with Gasteiger partial charge >= 0.3 is 12.2 Å². The minimum Gasteiger partial charge on any atom is -0.444 e. The fourth-order valence-electron chi connectivity index (χ4n) is 8.92. The molecule has 4 fully saturated rings. The van der Waals surface area contributed by atoms with Gasteiger partial charge in [-0.1, -0.05) is 21.9 Å². The van der Waals surface area contributed by atoms with Crippen LogP contribution < -0.4 is 0 Å². The monoisotopic (exact) mass is 830 g/mol. The first-order valence-electron chi connectivity index (χ1n) is 19.2. The van der Waals surface area contributed by atoms with Crippen LogP contribution in [0.25, 0.3) is 0 Å². The lowest BCUT2D eigenvalue weighted by Gasteiger charge is -2.52. The molecule has 2 aliphatic heterocycles. The van der Waals surface area contributed by atoms with Crippen molar-refractivity contribution in [2.24, 2.45) is 10.8 Å². The highest BCUT2D eigenvalue weighted by Crippen LogP contribution is 2.48. The van der Waals surface area contributed by atoms with Gasteiger partial charge in [0.05, 0.1) is 0 Å². The van der Waals surface area contributed by atoms with Crippen molar-refractivity contribution in [3.63, 3.8) is 0 Å². The van der Waals surface area contributed by atoms with Crippen molar-refractivity contribution in [2.75, 3.05) is 26.2 Å². The molecule has 6 rings (SSSR count). The summed E-state index contributed by atoms with van der Waals surface area (Å²) in [4.78, 5) is 79.5. The van der Waals surface area contributed by atoms with Gasteiger partial charge in [-0.05, 0) is 134 Å². The SMILES string of the molecule is CC#Cc1cc(C)c(C2C(=O)CC3(CC2=O)CN(C(=O)OC(C)(C)C)C3)c(C)c1.Cc1cc(Br)cc(C)c1C1C(=O)CC2(CC1=O)CN(C(=O)OC(C)(C)C)C2. The Hall–Kier alpha value is -4.30. The average Bonchev–Trinajstić information content (AvgIpc) is 2.99. The summed E-state index contributed by atoms with van der Waals surface area (Å²) < 4.78 is 11.7. The molecule has 300 valence electrons. The molecule has 2 aliphatic carbocycles. The quantitative estimate of drug-likeness (QED) is 0.219. The Morgan fingerprint density at radius 1 is 0.625 bits per heavy atom. The number of Topliss-reactive ketones (excluding diaryl/α,β-unsaturated/α-hetero) is 4. The van der Waals surface area contributed by atoms with Gasteiger partial charge in [-0.15, -0.1) is 5.92 Å². The van der Waals surface area contributed by atoms with Gasteiger partial charge in [-0.25, -0.2) is 9.59 Å². The number of carbonyl (C=O) groups is 6. The maximum atomic E-state index is 13.1. The first kappa shape index (κ1) is 42.8. The Bertz CT molecular complexity index is 1960. The molecule has 2 saturated carbocycles. The molecule has 0 bridgehead atoms. The number of hydrogen-bond acceptors (Lipinski definition) is 8. The highest BCUT2D eigenvalue weighted by molar-refractivity contribution is 9.10. The first-order valence-corrected chi connectivity index (χ1v) is 20.0. The number of benzene rings is 2. The molecular weight excluding hydrogens is 776 g/mol. The largest absolute Gasteiger partial charge is 0.444 e. The van der Waals surface area contributed by atoms with E-state index in [9.17, 15) is 28.8 Å². The molecule has 2 saturated heterocycles. The molecule has 56 heavy (non-hydrogen) atoms. The second kappa shape index (κ2) is 15.6. The van der Waals surface area contributed by atoms with Crippen molar-refractivity contribution < 1.29 is 38.2 Å². The summed E-state index contributed by atoms with van der Waals surface area (Å²) in [6, 6.07) is 7.77. The van der Waals surface area contributed by atoms with E-state index in [0.717, 1.165) is 43.4 Å². The summed E-state index contributed by atoms with van der Waals surface area (Å²) in [6.45, 7) is 22.1. The van der Waals surface area contributed by atoms with Crippen molar-refractivity contribution in [3.8, 4) is 11.8 Å². The zero-order valence-corrected chi connectivity index (χ0v) is 36.2. The lowest BCUT2D eigenvalue weighted by atomic mass is 9.63. The highest BCUT2D eigenvalue weighted by Gasteiger charge is 2.55. The second-order valence-electron chi connectivity index (χ2n) is 18.5. The average molecular weight is 832 g/mol. The molecule has 0 radical (unpaired) electrons. The Kier molecular flexibility index (Phi) is 11.9. The van der Waals surface area contributed by atoms with Crippen molar-refractivity contribution in [3.05, 3.63) is 67.7 Å². The molecule has 0 unspecified atom stereocenters. The lowest BCUT2D eigenvalue weighted by molar-refractivity contribution is -0.144. The van der Waals surface area contributed by atoms with E-state index < -0.39 is 33.9 Å². The number of carbonyl (C=O) groups excluding carboxylic acids is 6. The van der Waals surface area contributed by atoms with Crippen LogP contribution >= 0.6 is 15.9 Å². The van der Waals surface area contributed by atoms with Crippen LogP contribution in [0.1, 0.15) is 125 Å². The second-order valence-corrected chi connectivity index (χ2v) is 19.4. The zero-order valence-electron chi connectivity index (χ0n) is 34.7. The van der Waals surface area contributed by atoms with Gasteiger partial charge < -0.3 is 19.3 Å². The summed E-state index contributed by atoms with van der Waals surface area (Å²) in [5, 5.41) is 0. The number of likely N-dealkylation sites (tertiary alicyclic amines) is 2. The normalized spacial score (nSPS) is 20.4. The van der Waals surface area contributed by atoms with E-state index in [1.165, 1.54) is 0 Å². The number of ether oxygens (including phenoxy) is 2. The van der Waals surface area contributed by atoms with Gasteiger partial charge in [0.15, 0.2) is 0 Å². The third-order valence-corrected chi connectivity index (χ3v) is 11.3. The molecule has 10 nitrogen and oxygen atoms in total. The number of nitrogens with zero attached hydrogens (tertiary/aromatic N) is 2. The van der Waals surface area contributed by atoms with E-state index >= 15 is 0 Å². The number of amides is 2. The van der Waals surface area contributed by atoms with Crippen LogP contribution in [0.4, 0.5) is 9.59 Å². The summed E-state index contributed by atoms with van der Waals surface area (Å²) in [7, 11) is 0. The standard InChI is InChI=1S/C24H29NO4.C21H26BrNO4/c1-7-8-17-9-15(2)20(16(3)10-17)21-18(26)11-24(12-19(21)27)13-25(14-24)22(28)29-23(4,5)6;1-12-6-14(22)7-13(2)17(12)18-15(24)8-21(9-16(18)25)10-23(11-21)19(26)27-20(3,4)5/h9-10,21H,11-14H2,1-6H3;6-7,18H,8-11H2,1-5H3. The van der Waals surface area contributed by atoms with Crippen LogP contribution in [0, 0.1) is 50.4 Å². The van der Waals surface area contributed by atoms with E-state index in [4.69, 9.17) is 9.47 Å². The maximum absolute atomic E-state index is 13.1. The molecule has 0 aromatic heterocycles. The third-order valence-electron chi connectivity index (χ3n) is 10.9. The summed E-state index contributed by atoms with van der Waals surface area (Å²) >= 11 is 3.46. The van der Waals surface area contributed by atoms with E-state index in [1.807, 2.05) is 93.5 Å². The number of rotatable bonds is 2. The number of aryl methyl sites for hydroxylation is 4. The molecule has 2 aromatic rings. The van der Waals surface area contributed by atoms with Gasteiger partial charge in [-0.3, -0.25) is 19.2 Å². The molecule has 2 heterocycles. The minimum atomic E-state index is -0.708. The van der Waals surface area contributed by atoms with Gasteiger partial charge in [0.1, 0.15) is 46.2 Å². The molecule has 2 aromatic carbocycles. The molecular formula is C45H55BrN2O8. The zero-order chi connectivity index (χ0) is 41.7. The van der Waals surface area contributed by atoms with Gasteiger partial charge in [0, 0.05) is 72.7 Å². The predicted octanol–water partition coefficient (Wildman–Crippen LogP) is 8.25. The number of ketones is 4. The van der Waals surface area contributed by atoms with Crippen LogP contribution in [-0.2, 0) is 28.7 Å². The molecule has 0 N–H and O–H groups in total. The van der Waals surface area contributed by atoms with Crippen molar-refractivity contribution in [1.29, 1.82) is 0 Å². The minimum absolute atomic E-state index is 0.0383. The fraction of sp³-hybridized carbons (Fsp3) is 0.556. The van der Waals surface area contributed by atoms with E-state index in [1.54, 1.807) is 16.7 Å². The van der Waals surface area contributed by atoms with Crippen LogP contribution in [0.5, 0.6) is 0 Å². The number of halogens is 1. The molecule has 2 spiro atoms. The van der Waals surface area contributed by atoms with E-state index in [2.05, 4.69) is 27.8 Å². The van der Waals surface area contributed by atoms with Crippen LogP contribution in [-0.4, -0.2) is 82.5 Å². The first-order chi connectivity index (χ1) is 25.9. The van der Waals surface area contributed by atoms with Crippen molar-refractivity contribution >= 4 is 51.2 Å². The third kappa shape index (κ3) is 9.28. The topological polar surface area (TPSA) is 127 Å². The van der Waals surface area contributed by atoms with Crippen molar-refractivity contribution in [1.82, 2.24) is 9.80 Å². The Balaban J connectivity index is 0.000000215. The Labute approximate surface area is 339 Å². The Morgan fingerprint density at radius 2 is 0.929 bits per heavy atom.